The highest BCUT2D eigenvalue weighted by atomic mass is 35.5. The number of hydrogen-bond donors (Lipinski definition) is 1. The Balaban J connectivity index is 0.00000176. The van der Waals surface area contributed by atoms with E-state index < -0.39 is 0 Å². The van der Waals surface area contributed by atoms with Crippen LogP contribution in [0.25, 0.3) is 11.3 Å². The van der Waals surface area contributed by atoms with E-state index in [-0.39, 0.29) is 12.4 Å². The first-order valence-corrected chi connectivity index (χ1v) is 7.67. The first-order chi connectivity index (χ1) is 10.2. The summed E-state index contributed by atoms with van der Waals surface area (Å²) in [5, 5.41) is 7.55. The molecule has 0 spiro atoms. The van der Waals surface area contributed by atoms with Crippen molar-refractivity contribution in [1.82, 2.24) is 15.4 Å². The summed E-state index contributed by atoms with van der Waals surface area (Å²) >= 11 is 0. The number of likely N-dealkylation sites (tertiary alicyclic amines) is 1. The molecule has 0 radical (unpaired) electrons. The number of aryl methyl sites for hydroxylation is 1. The summed E-state index contributed by atoms with van der Waals surface area (Å²) in [4.78, 5) is 2.44. The summed E-state index contributed by atoms with van der Waals surface area (Å²) in [5.74, 6) is 0.952. The Morgan fingerprint density at radius 1 is 1.23 bits per heavy atom. The fourth-order valence-corrected chi connectivity index (χ4v) is 2.85. The van der Waals surface area contributed by atoms with Gasteiger partial charge in [-0.2, -0.15) is 0 Å². The Bertz CT molecular complexity index is 574. The highest BCUT2D eigenvalue weighted by Crippen LogP contribution is 2.21. The predicted octanol–water partition coefficient (Wildman–Crippen LogP) is 3.26. The van der Waals surface area contributed by atoms with Crippen LogP contribution < -0.4 is 5.32 Å². The van der Waals surface area contributed by atoms with Crippen LogP contribution in [0.4, 0.5) is 0 Å². The minimum absolute atomic E-state index is 0. The standard InChI is InChI=1S/C17H23N3O.ClH/c1-13-3-5-14(6-4-13)17-11-16(21-19-17)12-20-9-7-15(18-2)8-10-20;/h3-6,11,15,18H,7-10,12H2,1-2H3;1H. The summed E-state index contributed by atoms with van der Waals surface area (Å²) in [6, 6.07) is 11.1. The Labute approximate surface area is 138 Å². The van der Waals surface area contributed by atoms with Crippen LogP contribution in [0.2, 0.25) is 0 Å². The molecule has 0 amide bonds. The Kier molecular flexibility index (Phi) is 6.00. The number of aromatic nitrogens is 1. The summed E-state index contributed by atoms with van der Waals surface area (Å²) in [5.41, 5.74) is 3.30. The Morgan fingerprint density at radius 3 is 2.55 bits per heavy atom. The van der Waals surface area contributed by atoms with Crippen LogP contribution >= 0.6 is 12.4 Å². The monoisotopic (exact) mass is 321 g/mol. The van der Waals surface area contributed by atoms with Gasteiger partial charge in [-0.25, -0.2) is 0 Å². The average molecular weight is 322 g/mol. The highest BCUT2D eigenvalue weighted by Gasteiger charge is 2.19. The Hall–Kier alpha value is -1.36. The predicted molar refractivity (Wildman–Crippen MR) is 91.3 cm³/mol. The number of piperidine rings is 1. The summed E-state index contributed by atoms with van der Waals surface area (Å²) in [6.45, 7) is 5.18. The van der Waals surface area contributed by atoms with Crippen molar-refractivity contribution < 1.29 is 4.52 Å². The third-order valence-corrected chi connectivity index (χ3v) is 4.28. The molecule has 120 valence electrons. The van der Waals surface area contributed by atoms with Crippen LogP contribution in [0.3, 0.4) is 0 Å². The maximum absolute atomic E-state index is 5.50. The fourth-order valence-electron chi connectivity index (χ4n) is 2.85. The van der Waals surface area contributed by atoms with Gasteiger partial charge in [-0.1, -0.05) is 35.0 Å². The molecule has 4 nitrogen and oxygen atoms in total. The number of benzene rings is 1. The second-order valence-corrected chi connectivity index (χ2v) is 5.88. The zero-order valence-electron chi connectivity index (χ0n) is 13.2. The molecule has 0 bridgehead atoms. The van der Waals surface area contributed by atoms with Gasteiger partial charge in [0.15, 0.2) is 5.76 Å². The van der Waals surface area contributed by atoms with Crippen LogP contribution in [0.15, 0.2) is 34.9 Å². The lowest BCUT2D eigenvalue weighted by Crippen LogP contribution is -2.40. The third kappa shape index (κ3) is 4.09. The van der Waals surface area contributed by atoms with Crippen molar-refractivity contribution in [2.45, 2.75) is 32.4 Å². The highest BCUT2D eigenvalue weighted by molar-refractivity contribution is 5.85. The van der Waals surface area contributed by atoms with E-state index in [1.54, 1.807) is 0 Å². The van der Waals surface area contributed by atoms with Gasteiger partial charge in [0.25, 0.3) is 0 Å². The minimum atomic E-state index is 0. The molecule has 0 unspecified atom stereocenters. The van der Waals surface area contributed by atoms with Gasteiger partial charge in [-0.05, 0) is 26.8 Å². The topological polar surface area (TPSA) is 41.3 Å². The molecule has 1 fully saturated rings. The SMILES string of the molecule is CNC1CCN(Cc2cc(-c3ccc(C)cc3)no2)CC1.Cl. The van der Waals surface area contributed by atoms with E-state index in [1.165, 1.54) is 18.4 Å². The van der Waals surface area contributed by atoms with E-state index in [9.17, 15) is 0 Å². The van der Waals surface area contributed by atoms with E-state index in [2.05, 4.69) is 52.6 Å². The molecular formula is C17H24ClN3O. The van der Waals surface area contributed by atoms with Crippen molar-refractivity contribution in [1.29, 1.82) is 0 Å². The minimum Gasteiger partial charge on any atom is -0.359 e. The smallest absolute Gasteiger partial charge is 0.151 e. The van der Waals surface area contributed by atoms with Crippen molar-refractivity contribution in [2.24, 2.45) is 0 Å². The van der Waals surface area contributed by atoms with Gasteiger partial charge < -0.3 is 9.84 Å². The molecule has 0 saturated carbocycles. The molecule has 1 aromatic heterocycles. The summed E-state index contributed by atoms with van der Waals surface area (Å²) < 4.78 is 5.50. The van der Waals surface area contributed by atoms with Crippen molar-refractivity contribution in [3.63, 3.8) is 0 Å². The molecule has 2 aromatic rings. The van der Waals surface area contributed by atoms with Crippen molar-refractivity contribution in [2.75, 3.05) is 20.1 Å². The van der Waals surface area contributed by atoms with E-state index in [1.807, 2.05) is 7.05 Å². The lowest BCUT2D eigenvalue weighted by atomic mass is 10.1. The number of nitrogens with one attached hydrogen (secondary N) is 1. The second kappa shape index (κ2) is 7.77. The van der Waals surface area contributed by atoms with Gasteiger partial charge in [0.05, 0.1) is 6.54 Å². The molecule has 0 atom stereocenters. The van der Waals surface area contributed by atoms with Crippen LogP contribution in [0, 0.1) is 6.92 Å². The van der Waals surface area contributed by atoms with E-state index in [4.69, 9.17) is 4.52 Å². The number of rotatable bonds is 4. The maximum atomic E-state index is 5.50. The van der Waals surface area contributed by atoms with Gasteiger partial charge in [0, 0.05) is 30.8 Å². The Morgan fingerprint density at radius 2 is 1.91 bits per heavy atom. The average Bonchev–Trinajstić information content (AvgIpc) is 2.97. The third-order valence-electron chi connectivity index (χ3n) is 4.28. The van der Waals surface area contributed by atoms with Gasteiger partial charge in [0.1, 0.15) is 5.69 Å². The largest absolute Gasteiger partial charge is 0.359 e. The lowest BCUT2D eigenvalue weighted by Gasteiger charge is -2.30. The van der Waals surface area contributed by atoms with Gasteiger partial charge >= 0.3 is 0 Å². The van der Waals surface area contributed by atoms with E-state index in [0.717, 1.165) is 36.7 Å². The molecule has 1 saturated heterocycles. The number of hydrogen-bond acceptors (Lipinski definition) is 4. The van der Waals surface area contributed by atoms with Gasteiger partial charge in [-0.15, -0.1) is 12.4 Å². The zero-order chi connectivity index (χ0) is 14.7. The zero-order valence-corrected chi connectivity index (χ0v) is 14.0. The summed E-state index contributed by atoms with van der Waals surface area (Å²) in [6.07, 6.45) is 2.41. The first-order valence-electron chi connectivity index (χ1n) is 7.67. The number of halogens is 1. The lowest BCUT2D eigenvalue weighted by molar-refractivity contribution is 0.176. The van der Waals surface area contributed by atoms with Gasteiger partial charge in [-0.3, -0.25) is 4.90 Å². The molecule has 22 heavy (non-hydrogen) atoms. The van der Waals surface area contributed by atoms with E-state index in [0.29, 0.717) is 6.04 Å². The summed E-state index contributed by atoms with van der Waals surface area (Å²) in [7, 11) is 2.05. The van der Waals surface area contributed by atoms with Crippen LogP contribution in [-0.4, -0.2) is 36.2 Å². The van der Waals surface area contributed by atoms with Crippen molar-refractivity contribution >= 4 is 12.4 Å². The normalized spacial score (nSPS) is 16.5. The first kappa shape index (κ1) is 17.0. The molecule has 5 heteroatoms. The molecule has 2 heterocycles. The molecule has 1 aliphatic rings. The second-order valence-electron chi connectivity index (χ2n) is 5.88. The molecular weight excluding hydrogens is 298 g/mol. The molecule has 1 N–H and O–H groups in total. The van der Waals surface area contributed by atoms with Crippen molar-refractivity contribution in [3.8, 4) is 11.3 Å². The number of nitrogens with zero attached hydrogens (tertiary/aromatic N) is 2. The van der Waals surface area contributed by atoms with Gasteiger partial charge in [0.2, 0.25) is 0 Å². The quantitative estimate of drug-likeness (QED) is 0.938. The van der Waals surface area contributed by atoms with E-state index >= 15 is 0 Å². The molecule has 1 aliphatic heterocycles. The molecule has 3 rings (SSSR count). The van der Waals surface area contributed by atoms with Crippen LogP contribution in [-0.2, 0) is 6.54 Å². The molecule has 0 aliphatic carbocycles. The van der Waals surface area contributed by atoms with Crippen LogP contribution in [0.1, 0.15) is 24.2 Å². The fraction of sp³-hybridized carbons (Fsp3) is 0.471. The maximum Gasteiger partial charge on any atom is 0.151 e. The van der Waals surface area contributed by atoms with Crippen LogP contribution in [0.5, 0.6) is 0 Å². The molecule has 1 aromatic carbocycles. The van der Waals surface area contributed by atoms with Crippen molar-refractivity contribution in [3.05, 3.63) is 41.7 Å².